The molecule has 0 aliphatic rings. The van der Waals surface area contributed by atoms with Crippen molar-refractivity contribution >= 4 is 17.4 Å². The molecule has 1 aromatic carbocycles. The van der Waals surface area contributed by atoms with Crippen LogP contribution in [0.3, 0.4) is 0 Å². The van der Waals surface area contributed by atoms with E-state index in [-0.39, 0.29) is 0 Å². The van der Waals surface area contributed by atoms with Crippen molar-refractivity contribution in [3.63, 3.8) is 0 Å². The molecular formula is C10H15NOS. The Labute approximate surface area is 83.5 Å². The quantitative estimate of drug-likeness (QED) is 0.595. The van der Waals surface area contributed by atoms with Gasteiger partial charge in [0.05, 0.1) is 12.8 Å². The Bertz CT molecular complexity index is 276. The van der Waals surface area contributed by atoms with Crippen LogP contribution < -0.4 is 10.5 Å². The third-order valence-electron chi connectivity index (χ3n) is 1.68. The summed E-state index contributed by atoms with van der Waals surface area (Å²) in [7, 11) is 1.64. The van der Waals surface area contributed by atoms with Crippen molar-refractivity contribution in [1.29, 1.82) is 0 Å². The molecule has 0 aliphatic carbocycles. The molecule has 0 radical (unpaired) electrons. The summed E-state index contributed by atoms with van der Waals surface area (Å²) in [6.07, 6.45) is 1.18. The molecule has 13 heavy (non-hydrogen) atoms. The van der Waals surface area contributed by atoms with Crippen LogP contribution >= 0.6 is 11.8 Å². The van der Waals surface area contributed by atoms with Gasteiger partial charge in [-0.25, -0.2) is 0 Å². The molecule has 0 bridgehead atoms. The number of hydrogen-bond donors (Lipinski definition) is 1. The Morgan fingerprint density at radius 1 is 1.46 bits per heavy atom. The third kappa shape index (κ3) is 2.84. The van der Waals surface area contributed by atoms with Gasteiger partial charge in [0.1, 0.15) is 5.75 Å². The lowest BCUT2D eigenvalue weighted by Gasteiger charge is -2.06. The van der Waals surface area contributed by atoms with E-state index in [1.54, 1.807) is 7.11 Å². The standard InChI is InChI=1S/C10H15NOS/c1-3-6-13-8-4-5-9(11)10(7-8)12-2/h4-5,7H,3,6,11H2,1-2H3. The number of benzene rings is 1. The van der Waals surface area contributed by atoms with Gasteiger partial charge < -0.3 is 10.5 Å². The summed E-state index contributed by atoms with van der Waals surface area (Å²) in [5.74, 6) is 1.90. The highest BCUT2D eigenvalue weighted by Gasteiger charge is 2.00. The predicted octanol–water partition coefficient (Wildman–Crippen LogP) is 2.78. The first-order valence-electron chi connectivity index (χ1n) is 4.34. The van der Waals surface area contributed by atoms with Crippen LogP contribution in [0.4, 0.5) is 5.69 Å². The molecule has 0 atom stereocenters. The molecule has 0 spiro atoms. The molecule has 0 aliphatic heterocycles. The number of thioether (sulfide) groups is 1. The molecule has 0 aromatic heterocycles. The zero-order valence-electron chi connectivity index (χ0n) is 8.04. The summed E-state index contributed by atoms with van der Waals surface area (Å²) in [6, 6.07) is 5.89. The molecule has 2 nitrogen and oxygen atoms in total. The van der Waals surface area contributed by atoms with E-state index >= 15 is 0 Å². The first-order chi connectivity index (χ1) is 6.27. The molecular weight excluding hydrogens is 182 g/mol. The lowest BCUT2D eigenvalue weighted by Crippen LogP contribution is -1.91. The summed E-state index contributed by atoms with van der Waals surface area (Å²) in [6.45, 7) is 2.17. The van der Waals surface area contributed by atoms with Gasteiger partial charge in [0.2, 0.25) is 0 Å². The van der Waals surface area contributed by atoms with E-state index in [2.05, 4.69) is 6.92 Å². The maximum atomic E-state index is 5.69. The monoisotopic (exact) mass is 197 g/mol. The van der Waals surface area contributed by atoms with Crippen LogP contribution in [0.5, 0.6) is 5.75 Å². The van der Waals surface area contributed by atoms with Crippen LogP contribution in [0.1, 0.15) is 13.3 Å². The molecule has 0 heterocycles. The molecule has 0 amide bonds. The molecule has 1 aromatic rings. The Morgan fingerprint density at radius 2 is 2.23 bits per heavy atom. The number of methoxy groups -OCH3 is 1. The Kier molecular flexibility index (Phi) is 3.96. The fraction of sp³-hybridized carbons (Fsp3) is 0.400. The van der Waals surface area contributed by atoms with Crippen LogP contribution in [0.15, 0.2) is 23.1 Å². The smallest absolute Gasteiger partial charge is 0.142 e. The highest BCUT2D eigenvalue weighted by molar-refractivity contribution is 7.99. The van der Waals surface area contributed by atoms with Gasteiger partial charge in [0, 0.05) is 4.90 Å². The van der Waals surface area contributed by atoms with Crippen LogP contribution in [0, 0.1) is 0 Å². The lowest BCUT2D eigenvalue weighted by molar-refractivity contribution is 0.416. The largest absolute Gasteiger partial charge is 0.495 e. The fourth-order valence-corrected chi connectivity index (χ4v) is 1.80. The minimum atomic E-state index is 0.698. The maximum Gasteiger partial charge on any atom is 0.142 e. The van der Waals surface area contributed by atoms with Crippen LogP contribution in [-0.4, -0.2) is 12.9 Å². The van der Waals surface area contributed by atoms with Crippen LogP contribution in [0.25, 0.3) is 0 Å². The minimum Gasteiger partial charge on any atom is -0.495 e. The Morgan fingerprint density at radius 3 is 2.85 bits per heavy atom. The summed E-state index contributed by atoms with van der Waals surface area (Å²) in [4.78, 5) is 1.22. The summed E-state index contributed by atoms with van der Waals surface area (Å²) >= 11 is 1.82. The van der Waals surface area contributed by atoms with E-state index in [4.69, 9.17) is 10.5 Å². The first kappa shape index (κ1) is 10.3. The fourth-order valence-electron chi connectivity index (χ4n) is 1.00. The zero-order chi connectivity index (χ0) is 9.68. The van der Waals surface area contributed by atoms with E-state index < -0.39 is 0 Å². The van der Waals surface area contributed by atoms with Gasteiger partial charge in [0.25, 0.3) is 0 Å². The van der Waals surface area contributed by atoms with Crippen molar-refractivity contribution in [3.05, 3.63) is 18.2 Å². The van der Waals surface area contributed by atoms with Gasteiger partial charge in [-0.1, -0.05) is 6.92 Å². The molecule has 72 valence electrons. The lowest BCUT2D eigenvalue weighted by atomic mass is 10.3. The van der Waals surface area contributed by atoms with Gasteiger partial charge in [-0.15, -0.1) is 11.8 Å². The van der Waals surface area contributed by atoms with Crippen molar-refractivity contribution in [3.8, 4) is 5.75 Å². The highest BCUT2D eigenvalue weighted by atomic mass is 32.2. The van der Waals surface area contributed by atoms with Gasteiger partial charge in [-0.2, -0.15) is 0 Å². The predicted molar refractivity (Wildman–Crippen MR) is 58.4 cm³/mol. The summed E-state index contributed by atoms with van der Waals surface area (Å²) in [5.41, 5.74) is 6.39. The molecule has 0 unspecified atom stereocenters. The minimum absolute atomic E-state index is 0.698. The van der Waals surface area contributed by atoms with Crippen molar-refractivity contribution in [2.75, 3.05) is 18.6 Å². The number of hydrogen-bond acceptors (Lipinski definition) is 3. The second kappa shape index (κ2) is 5.02. The van der Waals surface area contributed by atoms with Crippen molar-refractivity contribution in [1.82, 2.24) is 0 Å². The SMILES string of the molecule is CCCSc1ccc(N)c(OC)c1. The number of nitrogens with two attached hydrogens (primary N) is 1. The number of anilines is 1. The molecule has 0 saturated heterocycles. The van der Waals surface area contributed by atoms with E-state index in [9.17, 15) is 0 Å². The Hall–Kier alpha value is -0.830. The van der Waals surface area contributed by atoms with Gasteiger partial charge in [0.15, 0.2) is 0 Å². The van der Waals surface area contributed by atoms with Gasteiger partial charge >= 0.3 is 0 Å². The molecule has 0 saturated carbocycles. The van der Waals surface area contributed by atoms with E-state index in [1.165, 1.54) is 11.3 Å². The highest BCUT2D eigenvalue weighted by Crippen LogP contribution is 2.28. The maximum absolute atomic E-state index is 5.69. The van der Waals surface area contributed by atoms with Crippen molar-refractivity contribution < 1.29 is 4.74 Å². The number of ether oxygens (including phenoxy) is 1. The zero-order valence-corrected chi connectivity index (χ0v) is 8.86. The van der Waals surface area contributed by atoms with Gasteiger partial charge in [-0.3, -0.25) is 0 Å². The summed E-state index contributed by atoms with van der Waals surface area (Å²) < 4.78 is 5.13. The van der Waals surface area contributed by atoms with Crippen molar-refractivity contribution in [2.24, 2.45) is 0 Å². The van der Waals surface area contributed by atoms with E-state index in [0.29, 0.717) is 5.69 Å². The molecule has 1 rings (SSSR count). The average molecular weight is 197 g/mol. The normalized spacial score (nSPS) is 10.0. The summed E-state index contributed by atoms with van der Waals surface area (Å²) in [5, 5.41) is 0. The molecule has 0 fully saturated rings. The topological polar surface area (TPSA) is 35.2 Å². The average Bonchev–Trinajstić information content (AvgIpc) is 2.16. The van der Waals surface area contributed by atoms with Crippen LogP contribution in [0.2, 0.25) is 0 Å². The second-order valence-electron chi connectivity index (χ2n) is 2.75. The Balaban J connectivity index is 2.74. The third-order valence-corrected chi connectivity index (χ3v) is 2.88. The second-order valence-corrected chi connectivity index (χ2v) is 3.92. The molecule has 2 N–H and O–H groups in total. The number of nitrogen functional groups attached to an aromatic ring is 1. The van der Waals surface area contributed by atoms with Crippen LogP contribution in [-0.2, 0) is 0 Å². The first-order valence-corrected chi connectivity index (χ1v) is 5.32. The van der Waals surface area contributed by atoms with Gasteiger partial charge in [-0.05, 0) is 30.4 Å². The number of rotatable bonds is 4. The van der Waals surface area contributed by atoms with E-state index in [1.807, 2.05) is 30.0 Å². The molecule has 3 heteroatoms. The van der Waals surface area contributed by atoms with E-state index in [0.717, 1.165) is 11.5 Å². The van der Waals surface area contributed by atoms with Crippen molar-refractivity contribution in [2.45, 2.75) is 18.2 Å².